The molecule has 9 heteroatoms. The lowest BCUT2D eigenvalue weighted by Crippen LogP contribution is -2.36. The second-order valence-electron chi connectivity index (χ2n) is 10.9. The number of Topliss-reactive ketones (excluding diaryl/α,β-unsaturated/α-hetero) is 1. The molecule has 2 amide bonds. The first-order chi connectivity index (χ1) is 17.9. The molecule has 2 N–H and O–H groups in total. The van der Waals surface area contributed by atoms with Crippen LogP contribution < -0.4 is 5.32 Å². The van der Waals surface area contributed by atoms with E-state index >= 15 is 0 Å². The van der Waals surface area contributed by atoms with Crippen LogP contribution in [0.3, 0.4) is 0 Å². The summed E-state index contributed by atoms with van der Waals surface area (Å²) in [6.07, 6.45) is 2.81. The minimum absolute atomic E-state index is 0.168. The summed E-state index contributed by atoms with van der Waals surface area (Å²) in [6, 6.07) is 10.4. The maximum Gasteiger partial charge on any atom is 0.410 e. The van der Waals surface area contributed by atoms with Gasteiger partial charge in [0, 0.05) is 30.8 Å². The Morgan fingerprint density at radius 1 is 1.13 bits per heavy atom. The average molecular weight is 518 g/mol. The summed E-state index contributed by atoms with van der Waals surface area (Å²) < 4.78 is 5.57. The topological polar surface area (TPSA) is 117 Å². The number of likely N-dealkylation sites (tertiary alicyclic amines) is 1. The number of nitrogens with one attached hydrogen (secondary N) is 2. The van der Waals surface area contributed by atoms with Crippen molar-refractivity contribution in [3.05, 3.63) is 65.2 Å². The summed E-state index contributed by atoms with van der Waals surface area (Å²) in [5, 5.41) is 2.84. The minimum atomic E-state index is -0.607. The van der Waals surface area contributed by atoms with E-state index in [0.29, 0.717) is 53.0 Å². The summed E-state index contributed by atoms with van der Waals surface area (Å²) in [5.74, 6) is 0.915. The Morgan fingerprint density at radius 2 is 1.84 bits per heavy atom. The molecule has 0 saturated carbocycles. The molecule has 2 aromatic heterocycles. The van der Waals surface area contributed by atoms with E-state index in [2.05, 4.69) is 29.1 Å². The van der Waals surface area contributed by atoms with Crippen molar-refractivity contribution in [2.75, 3.05) is 11.9 Å². The normalized spacial score (nSPS) is 15.6. The number of imidazole rings is 1. The van der Waals surface area contributed by atoms with Crippen LogP contribution in [-0.2, 0) is 4.74 Å². The molecule has 1 aromatic carbocycles. The van der Waals surface area contributed by atoms with Crippen molar-refractivity contribution < 1.29 is 19.1 Å². The van der Waals surface area contributed by atoms with Gasteiger partial charge in [-0.2, -0.15) is 0 Å². The van der Waals surface area contributed by atoms with Gasteiger partial charge in [0.05, 0.1) is 11.7 Å². The number of carbonyl (C=O) groups excluding carboxylic acids is 3. The fraction of sp³-hybridized carbons (Fsp3) is 0.414. The third-order valence-electron chi connectivity index (χ3n) is 6.38. The van der Waals surface area contributed by atoms with E-state index in [1.807, 2.05) is 32.9 Å². The summed E-state index contributed by atoms with van der Waals surface area (Å²) in [7, 11) is 0. The molecule has 3 aromatic rings. The molecule has 1 aliphatic rings. The number of H-pyrrole nitrogens is 1. The van der Waals surface area contributed by atoms with Crippen LogP contribution in [0.25, 0.3) is 11.3 Å². The van der Waals surface area contributed by atoms with Gasteiger partial charge in [0.1, 0.15) is 22.9 Å². The second-order valence-corrected chi connectivity index (χ2v) is 10.9. The Hall–Kier alpha value is -4.01. The number of aromatic nitrogens is 3. The maximum absolute atomic E-state index is 12.8. The lowest BCUT2D eigenvalue weighted by Gasteiger charge is -2.27. The van der Waals surface area contributed by atoms with Crippen molar-refractivity contribution in [3.8, 4) is 11.3 Å². The fourth-order valence-electron chi connectivity index (χ4n) is 4.45. The van der Waals surface area contributed by atoms with Gasteiger partial charge in [-0.15, -0.1) is 0 Å². The third-order valence-corrected chi connectivity index (χ3v) is 6.38. The van der Waals surface area contributed by atoms with Crippen LogP contribution in [0.1, 0.15) is 98.6 Å². The molecular weight excluding hydrogens is 482 g/mol. The van der Waals surface area contributed by atoms with Gasteiger partial charge < -0.3 is 15.0 Å². The van der Waals surface area contributed by atoms with Crippen LogP contribution in [0, 0.1) is 0 Å². The molecule has 9 nitrogen and oxygen atoms in total. The van der Waals surface area contributed by atoms with Gasteiger partial charge in [0.25, 0.3) is 5.91 Å². The number of hydrogen-bond donors (Lipinski definition) is 2. The number of amides is 2. The molecule has 3 heterocycles. The van der Waals surface area contributed by atoms with Gasteiger partial charge in [0.2, 0.25) is 0 Å². The zero-order chi connectivity index (χ0) is 27.6. The molecule has 1 atom stereocenters. The van der Waals surface area contributed by atoms with Crippen molar-refractivity contribution in [2.24, 2.45) is 0 Å². The monoisotopic (exact) mass is 517 g/mol. The number of carbonyl (C=O) groups is 3. The number of ketones is 1. The highest BCUT2D eigenvalue weighted by Gasteiger charge is 2.35. The first kappa shape index (κ1) is 27.0. The zero-order valence-electron chi connectivity index (χ0n) is 22.8. The van der Waals surface area contributed by atoms with Crippen molar-refractivity contribution in [1.29, 1.82) is 0 Å². The van der Waals surface area contributed by atoms with Crippen LogP contribution in [0.15, 0.2) is 42.6 Å². The number of ether oxygens (including phenoxy) is 1. The number of aromatic amines is 1. The molecule has 1 fully saturated rings. The lowest BCUT2D eigenvalue weighted by molar-refractivity contribution is 0.0218. The molecule has 4 rings (SSSR count). The quantitative estimate of drug-likeness (QED) is 0.380. The van der Waals surface area contributed by atoms with E-state index in [9.17, 15) is 14.4 Å². The molecule has 0 spiro atoms. The fourth-order valence-corrected chi connectivity index (χ4v) is 4.45. The van der Waals surface area contributed by atoms with Gasteiger partial charge in [-0.1, -0.05) is 26.0 Å². The Morgan fingerprint density at radius 3 is 2.47 bits per heavy atom. The third kappa shape index (κ3) is 6.10. The van der Waals surface area contributed by atoms with E-state index in [1.165, 1.54) is 6.92 Å². The van der Waals surface area contributed by atoms with Gasteiger partial charge in [-0.25, -0.2) is 14.8 Å². The first-order valence-corrected chi connectivity index (χ1v) is 12.9. The SMILES string of the molecule is CC(=O)c1[nH]c([C@@H]2CCCN2C(=O)OC(C)(C)C)nc1-c1ccc(C(=O)Nc2cc(C(C)C)ccn2)cc1. The minimum Gasteiger partial charge on any atom is -0.444 e. The molecule has 0 radical (unpaired) electrons. The van der Waals surface area contributed by atoms with E-state index in [0.717, 1.165) is 12.0 Å². The summed E-state index contributed by atoms with van der Waals surface area (Å²) in [5.41, 5.74) is 2.48. The van der Waals surface area contributed by atoms with E-state index in [-0.39, 0.29) is 17.7 Å². The Balaban J connectivity index is 1.55. The molecular formula is C29H35N5O4. The van der Waals surface area contributed by atoms with E-state index in [4.69, 9.17) is 9.72 Å². The summed E-state index contributed by atoms with van der Waals surface area (Å²) >= 11 is 0. The van der Waals surface area contributed by atoms with Crippen molar-refractivity contribution in [2.45, 2.75) is 71.9 Å². The lowest BCUT2D eigenvalue weighted by atomic mass is 10.0. The van der Waals surface area contributed by atoms with E-state index < -0.39 is 11.7 Å². The number of anilines is 1. The number of pyridine rings is 1. The molecule has 38 heavy (non-hydrogen) atoms. The molecule has 1 saturated heterocycles. The van der Waals surface area contributed by atoms with Gasteiger partial charge >= 0.3 is 6.09 Å². The highest BCUT2D eigenvalue weighted by atomic mass is 16.6. The van der Waals surface area contributed by atoms with Gasteiger partial charge in [-0.3, -0.25) is 14.5 Å². The predicted octanol–water partition coefficient (Wildman–Crippen LogP) is 6.12. The van der Waals surface area contributed by atoms with Gasteiger partial charge in [-0.05, 0) is 69.4 Å². The van der Waals surface area contributed by atoms with Crippen LogP contribution in [0.4, 0.5) is 10.6 Å². The average Bonchev–Trinajstić information content (AvgIpc) is 3.51. The Kier molecular flexibility index (Phi) is 7.66. The maximum atomic E-state index is 12.8. The molecule has 200 valence electrons. The standard InChI is InChI=1S/C29H35N5O4/c1-17(2)21-13-14-30-23(16-21)31-27(36)20-11-9-19(10-12-20)25-24(18(3)35)32-26(33-25)22-8-7-15-34(22)28(37)38-29(4,5)6/h9-14,16-17,22H,7-8,15H2,1-6H3,(H,32,33)(H,30,31,36)/t22-/m0/s1. The first-order valence-electron chi connectivity index (χ1n) is 12.9. The largest absolute Gasteiger partial charge is 0.444 e. The van der Waals surface area contributed by atoms with Crippen LogP contribution in [0.5, 0.6) is 0 Å². The zero-order valence-corrected chi connectivity index (χ0v) is 22.8. The van der Waals surface area contributed by atoms with E-state index in [1.54, 1.807) is 35.4 Å². The molecule has 0 aliphatic carbocycles. The molecule has 1 aliphatic heterocycles. The van der Waals surface area contributed by atoms with Crippen molar-refractivity contribution >= 4 is 23.6 Å². The highest BCUT2D eigenvalue weighted by molar-refractivity contribution is 6.04. The molecule has 0 bridgehead atoms. The number of hydrogen-bond acceptors (Lipinski definition) is 6. The van der Waals surface area contributed by atoms with Crippen molar-refractivity contribution in [3.63, 3.8) is 0 Å². The summed E-state index contributed by atoms with van der Waals surface area (Å²) in [4.78, 5) is 51.9. The Bertz CT molecular complexity index is 1340. The second kappa shape index (κ2) is 10.8. The number of nitrogens with zero attached hydrogens (tertiary/aromatic N) is 3. The Labute approximate surface area is 223 Å². The predicted molar refractivity (Wildman–Crippen MR) is 145 cm³/mol. The van der Waals surface area contributed by atoms with Crippen LogP contribution in [0.2, 0.25) is 0 Å². The van der Waals surface area contributed by atoms with Crippen molar-refractivity contribution in [1.82, 2.24) is 19.9 Å². The van der Waals surface area contributed by atoms with Crippen LogP contribution >= 0.6 is 0 Å². The smallest absolute Gasteiger partial charge is 0.410 e. The number of rotatable bonds is 6. The summed E-state index contributed by atoms with van der Waals surface area (Å²) in [6.45, 7) is 11.7. The van der Waals surface area contributed by atoms with Crippen LogP contribution in [-0.4, -0.2) is 49.8 Å². The molecule has 0 unspecified atom stereocenters. The highest BCUT2D eigenvalue weighted by Crippen LogP contribution is 2.34. The van der Waals surface area contributed by atoms with Gasteiger partial charge in [0.15, 0.2) is 5.78 Å². The number of benzene rings is 1.